The second-order valence-electron chi connectivity index (χ2n) is 9.58. The molecule has 2 aromatic carbocycles. The van der Waals surface area contributed by atoms with Gasteiger partial charge in [0, 0.05) is 35.9 Å². The van der Waals surface area contributed by atoms with E-state index in [4.69, 9.17) is 4.98 Å². The highest BCUT2D eigenvalue weighted by atomic mass is 15.1. The number of hydrogen-bond donors (Lipinski definition) is 1. The summed E-state index contributed by atoms with van der Waals surface area (Å²) in [6, 6.07) is 34.2. The van der Waals surface area contributed by atoms with E-state index in [0.29, 0.717) is 0 Å². The number of pyridine rings is 1. The fourth-order valence-corrected chi connectivity index (χ4v) is 4.95. The van der Waals surface area contributed by atoms with Crippen LogP contribution in [0.3, 0.4) is 0 Å². The first-order valence-corrected chi connectivity index (χ1v) is 12.8. The van der Waals surface area contributed by atoms with E-state index < -0.39 is 0 Å². The Balaban J connectivity index is 1.61. The van der Waals surface area contributed by atoms with Gasteiger partial charge in [0.1, 0.15) is 11.6 Å². The zero-order valence-corrected chi connectivity index (χ0v) is 22.1. The molecule has 0 aliphatic heterocycles. The van der Waals surface area contributed by atoms with E-state index in [1.165, 1.54) is 39.5 Å². The fourth-order valence-electron chi connectivity index (χ4n) is 4.95. The van der Waals surface area contributed by atoms with Crippen molar-refractivity contribution in [3.8, 4) is 11.6 Å². The van der Waals surface area contributed by atoms with Crippen molar-refractivity contribution in [1.29, 1.82) is 0 Å². The zero-order valence-electron chi connectivity index (χ0n) is 22.1. The smallest absolute Gasteiger partial charge is 0.140 e. The second kappa shape index (κ2) is 10.9. The predicted octanol–water partition coefficient (Wildman–Crippen LogP) is 7.12. The lowest BCUT2D eigenvalue weighted by atomic mass is 9.97. The predicted molar refractivity (Wildman–Crippen MR) is 154 cm³/mol. The Morgan fingerprint density at radius 2 is 1.14 bits per heavy atom. The molecule has 0 radical (unpaired) electrons. The standard InChI is InChI=1S/C33H34N4/c1-24-15-16-25(2)36(24)32-21-30(22-33(35-32)37-26(3)17-18-27(37)4)31(29-13-9-6-10-14-29)19-20-34-23-28-11-7-5-8-12-28/h5-19,21-22,34H,20,23H2,1-4H3/b31-19+. The largest absolute Gasteiger partial charge is 0.309 e. The first-order chi connectivity index (χ1) is 18.0. The Bertz CT molecular complexity index is 1420. The van der Waals surface area contributed by atoms with Gasteiger partial charge in [0.25, 0.3) is 0 Å². The molecule has 0 unspecified atom stereocenters. The summed E-state index contributed by atoms with van der Waals surface area (Å²) in [6.45, 7) is 10.1. The molecule has 0 atom stereocenters. The third kappa shape index (κ3) is 5.35. The highest BCUT2D eigenvalue weighted by molar-refractivity contribution is 5.81. The van der Waals surface area contributed by atoms with Gasteiger partial charge in [0.2, 0.25) is 0 Å². The summed E-state index contributed by atoms with van der Waals surface area (Å²) in [7, 11) is 0. The quantitative estimate of drug-likeness (QED) is 0.237. The molecular formula is C33H34N4. The SMILES string of the molecule is Cc1ccc(C)n1-c1cc(/C(=C/CNCc2ccccc2)c2ccccc2)cc(-n2c(C)ccc2C)n1. The van der Waals surface area contributed by atoms with Gasteiger partial charge in [-0.3, -0.25) is 0 Å². The first kappa shape index (κ1) is 24.5. The fraction of sp³-hybridized carbons (Fsp3) is 0.182. The maximum atomic E-state index is 5.16. The van der Waals surface area contributed by atoms with Gasteiger partial charge in [-0.1, -0.05) is 66.7 Å². The van der Waals surface area contributed by atoms with Crippen molar-refractivity contribution in [1.82, 2.24) is 19.4 Å². The average Bonchev–Trinajstić information content (AvgIpc) is 3.44. The number of benzene rings is 2. The lowest BCUT2D eigenvalue weighted by molar-refractivity contribution is 0.760. The van der Waals surface area contributed by atoms with Crippen molar-refractivity contribution in [2.24, 2.45) is 0 Å². The van der Waals surface area contributed by atoms with Gasteiger partial charge in [-0.25, -0.2) is 4.98 Å². The Morgan fingerprint density at radius 3 is 1.65 bits per heavy atom. The minimum Gasteiger partial charge on any atom is -0.309 e. The summed E-state index contributed by atoms with van der Waals surface area (Å²) in [5.74, 6) is 1.86. The number of nitrogens with zero attached hydrogens (tertiary/aromatic N) is 3. The van der Waals surface area contributed by atoms with Crippen LogP contribution in [0.25, 0.3) is 17.2 Å². The number of aryl methyl sites for hydroxylation is 4. The molecule has 0 bridgehead atoms. The van der Waals surface area contributed by atoms with Crippen molar-refractivity contribution in [2.75, 3.05) is 6.54 Å². The average molecular weight is 487 g/mol. The van der Waals surface area contributed by atoms with Crippen LogP contribution in [0, 0.1) is 27.7 Å². The van der Waals surface area contributed by atoms with E-state index in [0.717, 1.165) is 30.3 Å². The van der Waals surface area contributed by atoms with Crippen LogP contribution < -0.4 is 5.32 Å². The molecule has 0 aliphatic carbocycles. The highest BCUT2D eigenvalue weighted by Crippen LogP contribution is 2.28. The monoisotopic (exact) mass is 486 g/mol. The molecule has 0 fully saturated rings. The van der Waals surface area contributed by atoms with E-state index in [2.05, 4.69) is 145 Å². The van der Waals surface area contributed by atoms with Crippen LogP contribution in [0.5, 0.6) is 0 Å². The van der Waals surface area contributed by atoms with Crippen molar-refractivity contribution in [3.63, 3.8) is 0 Å². The van der Waals surface area contributed by atoms with Crippen LogP contribution in [-0.2, 0) is 6.54 Å². The molecule has 0 aliphatic rings. The molecule has 0 saturated carbocycles. The first-order valence-electron chi connectivity index (χ1n) is 12.8. The van der Waals surface area contributed by atoms with Gasteiger partial charge in [-0.15, -0.1) is 0 Å². The molecule has 0 amide bonds. The lowest BCUT2D eigenvalue weighted by Crippen LogP contribution is -2.13. The molecular weight excluding hydrogens is 452 g/mol. The van der Waals surface area contributed by atoms with Crippen molar-refractivity contribution in [3.05, 3.63) is 143 Å². The van der Waals surface area contributed by atoms with Crippen LogP contribution in [0.4, 0.5) is 0 Å². The third-order valence-corrected chi connectivity index (χ3v) is 6.82. The normalized spacial score (nSPS) is 11.7. The van der Waals surface area contributed by atoms with Crippen LogP contribution in [0.2, 0.25) is 0 Å². The summed E-state index contributed by atoms with van der Waals surface area (Å²) in [4.78, 5) is 5.16. The maximum absolute atomic E-state index is 5.16. The minimum absolute atomic E-state index is 0.759. The Hall–Kier alpha value is -4.15. The van der Waals surface area contributed by atoms with Gasteiger partial charge < -0.3 is 14.5 Å². The van der Waals surface area contributed by atoms with E-state index in [9.17, 15) is 0 Å². The molecule has 186 valence electrons. The highest BCUT2D eigenvalue weighted by Gasteiger charge is 2.15. The Kier molecular flexibility index (Phi) is 7.20. The topological polar surface area (TPSA) is 34.8 Å². The Morgan fingerprint density at radius 1 is 0.649 bits per heavy atom. The van der Waals surface area contributed by atoms with Gasteiger partial charge in [-0.2, -0.15) is 0 Å². The van der Waals surface area contributed by atoms with E-state index >= 15 is 0 Å². The third-order valence-electron chi connectivity index (χ3n) is 6.82. The summed E-state index contributed by atoms with van der Waals surface area (Å²) < 4.78 is 4.47. The van der Waals surface area contributed by atoms with Crippen LogP contribution in [0.1, 0.15) is 39.5 Å². The van der Waals surface area contributed by atoms with Gasteiger partial charge in [0.05, 0.1) is 0 Å². The number of hydrogen-bond acceptors (Lipinski definition) is 2. The molecule has 4 heteroatoms. The zero-order chi connectivity index (χ0) is 25.8. The molecule has 3 aromatic heterocycles. The van der Waals surface area contributed by atoms with Crippen LogP contribution in [-0.4, -0.2) is 20.7 Å². The number of nitrogens with one attached hydrogen (secondary N) is 1. The molecule has 37 heavy (non-hydrogen) atoms. The molecule has 0 spiro atoms. The minimum atomic E-state index is 0.759. The molecule has 3 heterocycles. The molecule has 5 rings (SSSR count). The van der Waals surface area contributed by atoms with Crippen LogP contribution >= 0.6 is 0 Å². The van der Waals surface area contributed by atoms with Gasteiger partial charge >= 0.3 is 0 Å². The van der Waals surface area contributed by atoms with Gasteiger partial charge in [-0.05, 0) is 86.4 Å². The van der Waals surface area contributed by atoms with Crippen molar-refractivity contribution in [2.45, 2.75) is 34.2 Å². The number of rotatable bonds is 8. The second-order valence-corrected chi connectivity index (χ2v) is 9.58. The molecule has 5 aromatic rings. The Labute approximate surface area is 219 Å². The molecule has 4 nitrogen and oxygen atoms in total. The van der Waals surface area contributed by atoms with Crippen molar-refractivity contribution < 1.29 is 0 Å². The number of aromatic nitrogens is 3. The van der Waals surface area contributed by atoms with E-state index in [-0.39, 0.29) is 0 Å². The summed E-state index contributed by atoms with van der Waals surface area (Å²) in [5.41, 5.74) is 9.49. The van der Waals surface area contributed by atoms with E-state index in [1.54, 1.807) is 0 Å². The summed E-state index contributed by atoms with van der Waals surface area (Å²) in [6.07, 6.45) is 2.30. The summed E-state index contributed by atoms with van der Waals surface area (Å²) in [5, 5.41) is 3.59. The maximum Gasteiger partial charge on any atom is 0.140 e. The summed E-state index contributed by atoms with van der Waals surface area (Å²) >= 11 is 0. The molecule has 0 saturated heterocycles. The van der Waals surface area contributed by atoms with Crippen molar-refractivity contribution >= 4 is 5.57 Å². The molecule has 1 N–H and O–H groups in total. The lowest BCUT2D eigenvalue weighted by Gasteiger charge is -2.17. The van der Waals surface area contributed by atoms with E-state index in [1.807, 2.05) is 0 Å². The van der Waals surface area contributed by atoms with Crippen LogP contribution in [0.15, 0.2) is 103 Å². The van der Waals surface area contributed by atoms with Gasteiger partial charge in [0.15, 0.2) is 0 Å².